The molecule has 220 valence electrons. The summed E-state index contributed by atoms with van der Waals surface area (Å²) in [6.45, 7) is 2.75. The third-order valence-corrected chi connectivity index (χ3v) is 7.38. The minimum atomic E-state index is -2.31. The fourth-order valence-corrected chi connectivity index (χ4v) is 4.97. The molecule has 0 spiro atoms. The molecule has 0 saturated carbocycles. The summed E-state index contributed by atoms with van der Waals surface area (Å²) in [4.78, 5) is 36.7. The Kier molecular flexibility index (Phi) is 11.5. The Hall–Kier alpha value is -2.94. The van der Waals surface area contributed by atoms with Gasteiger partial charge in [-0.25, -0.2) is 4.79 Å². The SMILES string of the molecule is CCSCCCO[C@]1(C(=O)O)CC(O)[C@@H](NC(C)=O)C(C(O)[C@H](O)CNC(=O)c2ccc(-c3ccco3)cc2)O1. The molecule has 1 saturated heterocycles. The number of carboxylic acid groups (broad SMARTS) is 1. The highest BCUT2D eigenvalue weighted by Gasteiger charge is 2.55. The van der Waals surface area contributed by atoms with Crippen LogP contribution in [0.3, 0.4) is 0 Å². The van der Waals surface area contributed by atoms with Crippen molar-refractivity contribution in [3.63, 3.8) is 0 Å². The van der Waals surface area contributed by atoms with E-state index in [4.69, 9.17) is 13.9 Å². The summed E-state index contributed by atoms with van der Waals surface area (Å²) in [5, 5.41) is 47.4. The molecule has 2 heterocycles. The number of nitrogens with one attached hydrogen (secondary N) is 2. The van der Waals surface area contributed by atoms with Crippen LogP contribution in [0.15, 0.2) is 47.1 Å². The van der Waals surface area contributed by atoms with Crippen molar-refractivity contribution < 1.29 is 48.7 Å². The highest BCUT2D eigenvalue weighted by molar-refractivity contribution is 7.99. The van der Waals surface area contributed by atoms with Crippen molar-refractivity contribution in [3.8, 4) is 11.3 Å². The molecular formula is C27H36N2O10S. The van der Waals surface area contributed by atoms with Gasteiger partial charge in [-0.05, 0) is 42.2 Å². The number of aliphatic hydroxyl groups is 3. The molecular weight excluding hydrogens is 544 g/mol. The molecule has 12 nitrogen and oxygen atoms in total. The maximum atomic E-state index is 12.6. The van der Waals surface area contributed by atoms with Crippen LogP contribution < -0.4 is 10.6 Å². The smallest absolute Gasteiger partial charge is 0.364 e. The lowest BCUT2D eigenvalue weighted by molar-refractivity contribution is -0.310. The number of aliphatic carboxylic acids is 1. The number of carbonyl (C=O) groups is 3. The van der Waals surface area contributed by atoms with Crippen molar-refractivity contribution in [1.82, 2.24) is 10.6 Å². The Bertz CT molecular complexity index is 1110. The van der Waals surface area contributed by atoms with Gasteiger partial charge in [0.25, 0.3) is 11.7 Å². The molecule has 3 rings (SSSR count). The van der Waals surface area contributed by atoms with Crippen LogP contribution in [0.4, 0.5) is 0 Å². The predicted molar refractivity (Wildman–Crippen MR) is 146 cm³/mol. The number of aliphatic hydroxyl groups excluding tert-OH is 3. The quantitative estimate of drug-likeness (QED) is 0.175. The number of hydrogen-bond donors (Lipinski definition) is 6. The van der Waals surface area contributed by atoms with Crippen LogP contribution in [0.25, 0.3) is 11.3 Å². The topological polar surface area (TPSA) is 188 Å². The Morgan fingerprint density at radius 2 is 1.93 bits per heavy atom. The average Bonchev–Trinajstić information content (AvgIpc) is 3.47. The first kappa shape index (κ1) is 31.6. The van der Waals surface area contributed by atoms with Crippen molar-refractivity contribution in [2.45, 2.75) is 62.9 Å². The molecule has 0 bridgehead atoms. The number of hydrogen-bond acceptors (Lipinski definition) is 10. The number of carbonyl (C=O) groups excluding carboxylic acids is 2. The molecule has 13 heteroatoms. The first-order chi connectivity index (χ1) is 19.1. The first-order valence-electron chi connectivity index (χ1n) is 12.9. The van der Waals surface area contributed by atoms with Gasteiger partial charge >= 0.3 is 5.97 Å². The lowest BCUT2D eigenvalue weighted by Gasteiger charge is -2.46. The third-order valence-electron chi connectivity index (χ3n) is 6.40. The maximum absolute atomic E-state index is 12.6. The van der Waals surface area contributed by atoms with E-state index in [-0.39, 0.29) is 12.2 Å². The Morgan fingerprint density at radius 1 is 1.20 bits per heavy atom. The molecule has 3 unspecified atom stereocenters. The van der Waals surface area contributed by atoms with Crippen LogP contribution >= 0.6 is 11.8 Å². The summed E-state index contributed by atoms with van der Waals surface area (Å²) in [6.07, 6.45) is -4.98. The summed E-state index contributed by atoms with van der Waals surface area (Å²) < 4.78 is 16.6. The molecule has 40 heavy (non-hydrogen) atoms. The fraction of sp³-hybridized carbons (Fsp3) is 0.519. The monoisotopic (exact) mass is 580 g/mol. The van der Waals surface area contributed by atoms with Crippen LogP contribution in [-0.2, 0) is 19.1 Å². The molecule has 6 atom stereocenters. The van der Waals surface area contributed by atoms with Crippen molar-refractivity contribution >= 4 is 29.5 Å². The highest BCUT2D eigenvalue weighted by atomic mass is 32.2. The zero-order valence-corrected chi connectivity index (χ0v) is 23.1. The van der Waals surface area contributed by atoms with Gasteiger partial charge in [0.2, 0.25) is 5.91 Å². The number of carboxylic acids is 1. The second kappa shape index (κ2) is 14.6. The van der Waals surface area contributed by atoms with Gasteiger partial charge in [0.05, 0.1) is 31.1 Å². The summed E-state index contributed by atoms with van der Waals surface area (Å²) in [5.74, 6) is -2.69. The predicted octanol–water partition coefficient (Wildman–Crippen LogP) is 0.993. The van der Waals surface area contributed by atoms with Gasteiger partial charge in [0, 0.05) is 31.0 Å². The van der Waals surface area contributed by atoms with E-state index in [0.717, 1.165) is 17.1 Å². The molecule has 1 aromatic carbocycles. The zero-order chi connectivity index (χ0) is 29.3. The van der Waals surface area contributed by atoms with E-state index in [9.17, 15) is 34.8 Å². The number of thioether (sulfide) groups is 1. The molecule has 2 amide bonds. The number of ether oxygens (including phenoxy) is 2. The molecule has 1 aromatic heterocycles. The van der Waals surface area contributed by atoms with E-state index < -0.39 is 67.0 Å². The summed E-state index contributed by atoms with van der Waals surface area (Å²) in [7, 11) is 0. The second-order valence-corrected chi connectivity index (χ2v) is 10.8. The Labute approximate surface area is 236 Å². The lowest BCUT2D eigenvalue weighted by atomic mass is 9.88. The van der Waals surface area contributed by atoms with Crippen molar-refractivity contribution in [3.05, 3.63) is 48.2 Å². The van der Waals surface area contributed by atoms with E-state index in [1.807, 2.05) is 6.92 Å². The standard InChI is InChI=1S/C27H36N2O10S/c1-3-40-13-5-12-38-27(26(35)36)14-19(31)22(29-16(2)30)24(39-27)23(33)20(32)15-28-25(34)18-9-7-17(8-10-18)21-6-4-11-37-21/h4,6-11,19-20,22-24,31-33H,3,5,12-15H2,1-2H3,(H,28,34)(H,29,30)(H,35,36)/t19?,20-,22-,23?,24?,27-/m1/s1. The summed E-state index contributed by atoms with van der Waals surface area (Å²) in [5.41, 5.74) is 1.05. The highest BCUT2D eigenvalue weighted by Crippen LogP contribution is 2.34. The third kappa shape index (κ3) is 8.05. The van der Waals surface area contributed by atoms with Gasteiger partial charge in [0.1, 0.15) is 18.0 Å². The summed E-state index contributed by atoms with van der Waals surface area (Å²) in [6, 6.07) is 8.80. The Balaban J connectivity index is 1.69. The molecule has 1 aliphatic rings. The second-order valence-electron chi connectivity index (χ2n) is 9.36. The number of furan rings is 1. The van der Waals surface area contributed by atoms with Crippen LogP contribution in [0.5, 0.6) is 0 Å². The minimum absolute atomic E-state index is 0.0109. The van der Waals surface area contributed by atoms with Gasteiger partial charge < -0.3 is 45.0 Å². The largest absolute Gasteiger partial charge is 0.477 e. The van der Waals surface area contributed by atoms with Gasteiger partial charge in [-0.2, -0.15) is 11.8 Å². The first-order valence-corrected chi connectivity index (χ1v) is 14.1. The zero-order valence-electron chi connectivity index (χ0n) is 22.3. The van der Waals surface area contributed by atoms with Crippen LogP contribution in [-0.4, -0.2) is 99.1 Å². The number of amides is 2. The van der Waals surface area contributed by atoms with Crippen molar-refractivity contribution in [2.24, 2.45) is 0 Å². The van der Waals surface area contributed by atoms with E-state index in [1.165, 1.54) is 13.2 Å². The van der Waals surface area contributed by atoms with Gasteiger partial charge in [-0.1, -0.05) is 19.1 Å². The normalized spacial score (nSPS) is 24.2. The maximum Gasteiger partial charge on any atom is 0.364 e. The average molecular weight is 581 g/mol. The molecule has 2 aromatic rings. The van der Waals surface area contributed by atoms with E-state index in [1.54, 1.807) is 48.2 Å². The van der Waals surface area contributed by atoms with Crippen molar-refractivity contribution in [1.29, 1.82) is 0 Å². The summed E-state index contributed by atoms with van der Waals surface area (Å²) >= 11 is 1.65. The van der Waals surface area contributed by atoms with Crippen LogP contribution in [0.1, 0.15) is 37.0 Å². The van der Waals surface area contributed by atoms with Gasteiger partial charge in [0.15, 0.2) is 0 Å². The lowest BCUT2D eigenvalue weighted by Crippen LogP contribution is -2.68. The van der Waals surface area contributed by atoms with Crippen molar-refractivity contribution in [2.75, 3.05) is 24.7 Å². The molecule has 1 aliphatic heterocycles. The molecule has 0 aliphatic carbocycles. The van der Waals surface area contributed by atoms with E-state index >= 15 is 0 Å². The number of benzene rings is 1. The van der Waals surface area contributed by atoms with E-state index in [2.05, 4.69) is 10.6 Å². The number of rotatable bonds is 14. The fourth-order valence-electron chi connectivity index (χ4n) is 4.36. The molecule has 6 N–H and O–H groups in total. The van der Waals surface area contributed by atoms with E-state index in [0.29, 0.717) is 12.2 Å². The van der Waals surface area contributed by atoms with Crippen LogP contribution in [0, 0.1) is 0 Å². The van der Waals surface area contributed by atoms with Gasteiger partial charge in [-0.15, -0.1) is 0 Å². The van der Waals surface area contributed by atoms with Crippen LogP contribution in [0.2, 0.25) is 0 Å². The Morgan fingerprint density at radius 3 is 2.52 bits per heavy atom. The molecule has 0 radical (unpaired) electrons. The molecule has 1 fully saturated rings. The van der Waals surface area contributed by atoms with Gasteiger partial charge in [-0.3, -0.25) is 9.59 Å². The minimum Gasteiger partial charge on any atom is -0.477 e.